The number of rotatable bonds is 6. The first-order valence-electron chi connectivity index (χ1n) is 12.0. The lowest BCUT2D eigenvalue weighted by Gasteiger charge is -2.34. The number of carbonyl (C=O) groups excluding carboxylic acids is 2. The number of halogens is 4. The number of hydrogen-bond acceptors (Lipinski definition) is 4. The van der Waals surface area contributed by atoms with Crippen LogP contribution in [0.5, 0.6) is 0 Å². The fourth-order valence-electron chi connectivity index (χ4n) is 5.12. The Balaban J connectivity index is 1.23. The minimum absolute atomic E-state index is 0.194. The molecular weight excluding hydrogens is 478 g/mol. The van der Waals surface area contributed by atoms with E-state index in [0.717, 1.165) is 49.4 Å². The summed E-state index contributed by atoms with van der Waals surface area (Å²) in [5, 5.41) is 15.5. The molecule has 194 valence electrons. The first-order valence-corrected chi connectivity index (χ1v) is 12.0. The van der Waals surface area contributed by atoms with Gasteiger partial charge in [0.2, 0.25) is 5.91 Å². The van der Waals surface area contributed by atoms with Crippen LogP contribution in [0.4, 0.5) is 17.6 Å². The number of amides is 2. The highest BCUT2D eigenvalue weighted by Crippen LogP contribution is 2.36. The number of β-amino-alcohol motifs (C(OH)–C–C–N with tert-alkyl or cyclic N) is 1. The van der Waals surface area contributed by atoms with Gasteiger partial charge in [0.25, 0.3) is 5.91 Å². The average molecular weight is 508 g/mol. The maximum atomic E-state index is 13.2. The number of alkyl halides is 3. The molecule has 1 aliphatic heterocycles. The second kappa shape index (κ2) is 11.0. The summed E-state index contributed by atoms with van der Waals surface area (Å²) in [6.45, 7) is 0.481. The number of carbonyl (C=O) groups is 2. The maximum absolute atomic E-state index is 13.2. The van der Waals surface area contributed by atoms with Crippen molar-refractivity contribution in [2.75, 3.05) is 19.6 Å². The number of benzene rings is 2. The summed E-state index contributed by atoms with van der Waals surface area (Å²) in [4.78, 5) is 26.7. The molecule has 4 rings (SSSR count). The van der Waals surface area contributed by atoms with Gasteiger partial charge in [-0.3, -0.25) is 14.5 Å². The van der Waals surface area contributed by atoms with Crippen LogP contribution in [0, 0.1) is 5.82 Å². The van der Waals surface area contributed by atoms with Crippen LogP contribution in [-0.4, -0.2) is 59.6 Å². The summed E-state index contributed by atoms with van der Waals surface area (Å²) in [5.74, 6) is -1.18. The Hall–Kier alpha value is -2.98. The van der Waals surface area contributed by atoms with Crippen molar-refractivity contribution in [3.05, 3.63) is 71.0 Å². The summed E-state index contributed by atoms with van der Waals surface area (Å²) < 4.78 is 51.7. The van der Waals surface area contributed by atoms with Gasteiger partial charge in [0.1, 0.15) is 5.82 Å². The van der Waals surface area contributed by atoms with Crippen LogP contribution in [-0.2, 0) is 11.0 Å². The molecule has 1 heterocycles. The van der Waals surface area contributed by atoms with Gasteiger partial charge in [-0.2, -0.15) is 13.2 Å². The molecule has 0 aromatic heterocycles. The fraction of sp³-hybridized carbons (Fsp3) is 0.462. The predicted octanol–water partition coefficient (Wildman–Crippen LogP) is 3.46. The topological polar surface area (TPSA) is 81.7 Å². The molecule has 36 heavy (non-hydrogen) atoms. The molecule has 2 aliphatic rings. The van der Waals surface area contributed by atoms with E-state index in [1.165, 1.54) is 18.2 Å². The van der Waals surface area contributed by atoms with Crippen molar-refractivity contribution >= 4 is 11.8 Å². The van der Waals surface area contributed by atoms with Crippen molar-refractivity contribution < 1.29 is 32.3 Å². The molecule has 0 unspecified atom stereocenters. The van der Waals surface area contributed by atoms with Crippen molar-refractivity contribution in [2.45, 2.75) is 56.0 Å². The normalized spacial score (nSPS) is 24.9. The van der Waals surface area contributed by atoms with E-state index in [1.54, 1.807) is 0 Å². The van der Waals surface area contributed by atoms with Crippen LogP contribution in [0.1, 0.15) is 53.1 Å². The van der Waals surface area contributed by atoms with Crippen molar-refractivity contribution in [3.63, 3.8) is 0 Å². The minimum atomic E-state index is -4.57. The lowest BCUT2D eigenvalue weighted by molar-refractivity contribution is -0.137. The number of aliphatic hydroxyl groups is 1. The van der Waals surface area contributed by atoms with Gasteiger partial charge >= 0.3 is 6.18 Å². The van der Waals surface area contributed by atoms with E-state index in [0.29, 0.717) is 19.0 Å². The van der Waals surface area contributed by atoms with Crippen LogP contribution in [0.15, 0.2) is 48.5 Å². The van der Waals surface area contributed by atoms with Gasteiger partial charge in [0.15, 0.2) is 0 Å². The van der Waals surface area contributed by atoms with Gasteiger partial charge in [-0.05, 0) is 67.5 Å². The highest BCUT2D eigenvalue weighted by atomic mass is 19.4. The zero-order chi connectivity index (χ0) is 25.9. The molecule has 0 radical (unpaired) electrons. The van der Waals surface area contributed by atoms with Crippen LogP contribution in [0.2, 0.25) is 0 Å². The zero-order valence-electron chi connectivity index (χ0n) is 19.6. The Morgan fingerprint density at radius 3 is 2.36 bits per heavy atom. The van der Waals surface area contributed by atoms with Gasteiger partial charge in [-0.1, -0.05) is 18.2 Å². The zero-order valence-corrected chi connectivity index (χ0v) is 19.6. The molecule has 3 N–H and O–H groups in total. The number of aliphatic hydroxyl groups excluding tert-OH is 1. The Kier molecular flexibility index (Phi) is 7.94. The highest BCUT2D eigenvalue weighted by Gasteiger charge is 2.37. The summed E-state index contributed by atoms with van der Waals surface area (Å²) in [6, 6.07) is 10.4. The first kappa shape index (κ1) is 26.1. The van der Waals surface area contributed by atoms with Crippen LogP contribution in [0.25, 0.3) is 0 Å². The van der Waals surface area contributed by atoms with Gasteiger partial charge in [0, 0.05) is 24.7 Å². The molecule has 2 atom stereocenters. The van der Waals surface area contributed by atoms with E-state index in [9.17, 15) is 32.3 Å². The van der Waals surface area contributed by atoms with Crippen LogP contribution < -0.4 is 10.6 Å². The molecule has 10 heteroatoms. The fourth-order valence-corrected chi connectivity index (χ4v) is 5.12. The van der Waals surface area contributed by atoms with Gasteiger partial charge in [-0.25, -0.2) is 4.39 Å². The lowest BCUT2D eigenvalue weighted by Crippen LogP contribution is -2.47. The molecule has 1 aliphatic carbocycles. The van der Waals surface area contributed by atoms with E-state index in [1.807, 2.05) is 12.1 Å². The summed E-state index contributed by atoms with van der Waals surface area (Å²) in [7, 11) is 0. The molecule has 0 bridgehead atoms. The third-order valence-corrected chi connectivity index (χ3v) is 7.08. The standard InChI is InChI=1S/C26H29F4N3O3/c27-20-8-4-16(5-9-20)17-6-10-21(11-7-17)33-14-22(23(34)15-33)32-24(35)13-31-25(36)18-2-1-3-19(12-18)26(28,29)30/h1-5,8-9,12,17,21-23,34H,6-7,10-11,13-15H2,(H,31,36)(H,32,35)/t17?,21?,22-,23+/m0/s1. The van der Waals surface area contributed by atoms with E-state index in [4.69, 9.17) is 0 Å². The molecule has 2 aromatic rings. The van der Waals surface area contributed by atoms with E-state index in [2.05, 4.69) is 15.5 Å². The van der Waals surface area contributed by atoms with Gasteiger partial charge in [0.05, 0.1) is 24.3 Å². The molecule has 2 amide bonds. The molecule has 0 spiro atoms. The Morgan fingerprint density at radius 1 is 1.00 bits per heavy atom. The maximum Gasteiger partial charge on any atom is 0.416 e. The predicted molar refractivity (Wildman–Crippen MR) is 125 cm³/mol. The van der Waals surface area contributed by atoms with Crippen molar-refractivity contribution in [1.82, 2.24) is 15.5 Å². The number of nitrogens with zero attached hydrogens (tertiary/aromatic N) is 1. The molecule has 6 nitrogen and oxygen atoms in total. The van der Waals surface area contributed by atoms with E-state index < -0.39 is 42.2 Å². The van der Waals surface area contributed by atoms with Crippen molar-refractivity contribution in [3.8, 4) is 0 Å². The molecule has 2 aromatic carbocycles. The van der Waals surface area contributed by atoms with E-state index >= 15 is 0 Å². The first-order chi connectivity index (χ1) is 17.1. The second-order valence-corrected chi connectivity index (χ2v) is 9.51. The Labute approximate surface area is 206 Å². The number of likely N-dealkylation sites (tertiary alicyclic amines) is 1. The van der Waals surface area contributed by atoms with Crippen LogP contribution >= 0.6 is 0 Å². The lowest BCUT2D eigenvalue weighted by atomic mass is 9.81. The minimum Gasteiger partial charge on any atom is -0.390 e. The average Bonchev–Trinajstić information content (AvgIpc) is 3.22. The molecule has 1 saturated carbocycles. The Bertz CT molecular complexity index is 1070. The van der Waals surface area contributed by atoms with Crippen molar-refractivity contribution in [2.24, 2.45) is 0 Å². The van der Waals surface area contributed by atoms with Gasteiger partial charge < -0.3 is 15.7 Å². The summed E-state index contributed by atoms with van der Waals surface area (Å²) in [6.07, 6.45) is -1.55. The monoisotopic (exact) mass is 507 g/mol. The molecule has 1 saturated heterocycles. The number of nitrogens with one attached hydrogen (secondary N) is 2. The van der Waals surface area contributed by atoms with Crippen LogP contribution in [0.3, 0.4) is 0 Å². The molecule has 2 fully saturated rings. The highest BCUT2D eigenvalue weighted by molar-refractivity contribution is 5.96. The van der Waals surface area contributed by atoms with E-state index in [-0.39, 0.29) is 17.4 Å². The SMILES string of the molecule is O=C(CNC(=O)c1cccc(C(F)(F)F)c1)N[C@H]1CN(C2CCC(c3ccc(F)cc3)CC2)C[C@H]1O. The molecular formula is C26H29F4N3O3. The third kappa shape index (κ3) is 6.41. The quantitative estimate of drug-likeness (QED) is 0.524. The smallest absolute Gasteiger partial charge is 0.390 e. The summed E-state index contributed by atoms with van der Waals surface area (Å²) >= 11 is 0. The number of hydrogen-bond donors (Lipinski definition) is 3. The largest absolute Gasteiger partial charge is 0.416 e. The van der Waals surface area contributed by atoms with Gasteiger partial charge in [-0.15, -0.1) is 0 Å². The second-order valence-electron chi connectivity index (χ2n) is 9.51. The third-order valence-electron chi connectivity index (χ3n) is 7.08. The summed E-state index contributed by atoms with van der Waals surface area (Å²) in [5.41, 5.74) is -0.00459. The Morgan fingerprint density at radius 2 is 1.69 bits per heavy atom. The van der Waals surface area contributed by atoms with Crippen molar-refractivity contribution in [1.29, 1.82) is 0 Å².